The molecular formula is C15H13N7O. The maximum Gasteiger partial charge on any atom is 0.226 e. The van der Waals surface area contributed by atoms with Crippen LogP contribution in [0.4, 0.5) is 5.69 Å². The standard InChI is InChI=1S/C15H13N7O/c1-9-11(13(16)14-15(19-9)21-23-20-14)7-10-3-4-12(17-8-10)22-6-2-5-18-22/h2-6,8H,7,16H2,1H3. The van der Waals surface area contributed by atoms with Crippen molar-refractivity contribution in [1.29, 1.82) is 0 Å². The van der Waals surface area contributed by atoms with E-state index in [2.05, 4.69) is 25.4 Å². The van der Waals surface area contributed by atoms with E-state index < -0.39 is 0 Å². The van der Waals surface area contributed by atoms with Gasteiger partial charge in [-0.15, -0.1) is 0 Å². The van der Waals surface area contributed by atoms with E-state index in [1.807, 2.05) is 31.3 Å². The lowest BCUT2D eigenvalue weighted by Gasteiger charge is -2.09. The third kappa shape index (κ3) is 2.30. The van der Waals surface area contributed by atoms with Crippen LogP contribution in [0.1, 0.15) is 16.8 Å². The minimum Gasteiger partial charge on any atom is -0.396 e. The fourth-order valence-corrected chi connectivity index (χ4v) is 2.48. The van der Waals surface area contributed by atoms with Crippen LogP contribution in [-0.2, 0) is 6.42 Å². The van der Waals surface area contributed by atoms with E-state index in [4.69, 9.17) is 10.4 Å². The van der Waals surface area contributed by atoms with Gasteiger partial charge in [0.05, 0.1) is 5.69 Å². The fourth-order valence-electron chi connectivity index (χ4n) is 2.48. The summed E-state index contributed by atoms with van der Waals surface area (Å²) in [5.74, 6) is 0.762. The van der Waals surface area contributed by atoms with E-state index in [0.717, 1.165) is 22.6 Å². The van der Waals surface area contributed by atoms with Crippen LogP contribution in [0.15, 0.2) is 41.4 Å². The molecule has 8 nitrogen and oxygen atoms in total. The van der Waals surface area contributed by atoms with Crippen molar-refractivity contribution >= 4 is 16.9 Å². The molecule has 8 heteroatoms. The Hall–Kier alpha value is -3.29. The van der Waals surface area contributed by atoms with Gasteiger partial charge in [-0.25, -0.2) is 19.3 Å². The van der Waals surface area contributed by atoms with Gasteiger partial charge >= 0.3 is 0 Å². The SMILES string of the molecule is Cc1nc2nonc2c(N)c1Cc1ccc(-n2cccn2)nc1. The van der Waals surface area contributed by atoms with Gasteiger partial charge in [-0.1, -0.05) is 6.07 Å². The summed E-state index contributed by atoms with van der Waals surface area (Å²) in [4.78, 5) is 8.79. The number of fused-ring (bicyclic) bond motifs is 1. The van der Waals surface area contributed by atoms with E-state index in [-0.39, 0.29) is 0 Å². The fraction of sp³-hybridized carbons (Fsp3) is 0.133. The average molecular weight is 307 g/mol. The number of aromatic nitrogens is 6. The van der Waals surface area contributed by atoms with E-state index in [0.29, 0.717) is 23.3 Å². The molecule has 0 unspecified atom stereocenters. The van der Waals surface area contributed by atoms with E-state index in [9.17, 15) is 0 Å². The van der Waals surface area contributed by atoms with Crippen LogP contribution >= 0.6 is 0 Å². The summed E-state index contributed by atoms with van der Waals surface area (Å²) < 4.78 is 6.40. The van der Waals surface area contributed by atoms with Gasteiger partial charge in [0.2, 0.25) is 5.65 Å². The molecule has 0 aliphatic rings. The molecule has 0 atom stereocenters. The Morgan fingerprint density at radius 1 is 1.26 bits per heavy atom. The summed E-state index contributed by atoms with van der Waals surface area (Å²) in [5.41, 5.74) is 10.4. The summed E-state index contributed by atoms with van der Waals surface area (Å²) in [6.07, 6.45) is 5.98. The first kappa shape index (κ1) is 13.4. The van der Waals surface area contributed by atoms with Gasteiger partial charge in [0.25, 0.3) is 0 Å². The van der Waals surface area contributed by atoms with E-state index in [1.165, 1.54) is 0 Å². The molecular weight excluding hydrogens is 294 g/mol. The molecule has 0 amide bonds. The summed E-state index contributed by atoms with van der Waals surface area (Å²) in [7, 11) is 0. The van der Waals surface area contributed by atoms with Crippen LogP contribution < -0.4 is 5.73 Å². The topological polar surface area (TPSA) is 109 Å². The maximum atomic E-state index is 6.18. The van der Waals surface area contributed by atoms with Crippen molar-refractivity contribution < 1.29 is 4.63 Å². The van der Waals surface area contributed by atoms with Gasteiger partial charge in [0, 0.05) is 36.3 Å². The number of nitrogens with two attached hydrogens (primary N) is 1. The van der Waals surface area contributed by atoms with Crippen molar-refractivity contribution in [3.63, 3.8) is 0 Å². The van der Waals surface area contributed by atoms with Crippen molar-refractivity contribution in [3.05, 3.63) is 53.6 Å². The third-order valence-corrected chi connectivity index (χ3v) is 3.69. The zero-order chi connectivity index (χ0) is 15.8. The Morgan fingerprint density at radius 2 is 2.17 bits per heavy atom. The molecule has 114 valence electrons. The second-order valence-corrected chi connectivity index (χ2v) is 5.18. The number of pyridine rings is 2. The van der Waals surface area contributed by atoms with Crippen LogP contribution in [-0.4, -0.2) is 30.1 Å². The molecule has 4 rings (SSSR count). The molecule has 0 radical (unpaired) electrons. The number of anilines is 1. The summed E-state index contributed by atoms with van der Waals surface area (Å²) in [5, 5.41) is 11.7. The first-order valence-corrected chi connectivity index (χ1v) is 7.04. The van der Waals surface area contributed by atoms with Crippen LogP contribution in [0.25, 0.3) is 17.0 Å². The molecule has 0 spiro atoms. The van der Waals surface area contributed by atoms with Crippen molar-refractivity contribution in [2.75, 3.05) is 5.73 Å². The summed E-state index contributed by atoms with van der Waals surface area (Å²) >= 11 is 0. The molecule has 4 aromatic heterocycles. The molecule has 0 saturated carbocycles. The average Bonchev–Trinajstić information content (AvgIpc) is 3.23. The normalized spacial score (nSPS) is 11.2. The van der Waals surface area contributed by atoms with Crippen molar-refractivity contribution in [2.45, 2.75) is 13.3 Å². The highest BCUT2D eigenvalue weighted by Gasteiger charge is 2.15. The van der Waals surface area contributed by atoms with Gasteiger partial charge in [-0.05, 0) is 34.9 Å². The lowest BCUT2D eigenvalue weighted by Crippen LogP contribution is -2.04. The highest BCUT2D eigenvalue weighted by Crippen LogP contribution is 2.25. The van der Waals surface area contributed by atoms with Crippen molar-refractivity contribution in [1.82, 2.24) is 30.1 Å². The Kier molecular flexibility index (Phi) is 3.00. The van der Waals surface area contributed by atoms with Crippen LogP contribution in [0.3, 0.4) is 0 Å². The quantitative estimate of drug-likeness (QED) is 0.613. The largest absolute Gasteiger partial charge is 0.396 e. The highest BCUT2D eigenvalue weighted by atomic mass is 16.6. The zero-order valence-electron chi connectivity index (χ0n) is 12.3. The smallest absolute Gasteiger partial charge is 0.226 e. The first-order chi connectivity index (χ1) is 11.2. The number of rotatable bonds is 3. The molecule has 0 bridgehead atoms. The van der Waals surface area contributed by atoms with Crippen LogP contribution in [0.2, 0.25) is 0 Å². The molecule has 2 N–H and O–H groups in total. The van der Waals surface area contributed by atoms with Gasteiger partial charge in [-0.3, -0.25) is 0 Å². The number of nitrogens with zero attached hydrogens (tertiary/aromatic N) is 6. The predicted octanol–water partition coefficient (Wildman–Crippen LogP) is 1.68. The molecule has 4 aromatic rings. The Bertz CT molecular complexity index is 958. The predicted molar refractivity (Wildman–Crippen MR) is 82.9 cm³/mol. The van der Waals surface area contributed by atoms with Crippen LogP contribution in [0.5, 0.6) is 0 Å². The Morgan fingerprint density at radius 3 is 2.91 bits per heavy atom. The van der Waals surface area contributed by atoms with Crippen molar-refractivity contribution in [2.24, 2.45) is 0 Å². The van der Waals surface area contributed by atoms with Gasteiger partial charge in [0.15, 0.2) is 11.3 Å². The lowest BCUT2D eigenvalue weighted by atomic mass is 10.0. The lowest BCUT2D eigenvalue weighted by molar-refractivity contribution is 0.315. The van der Waals surface area contributed by atoms with Gasteiger partial charge < -0.3 is 5.73 Å². The zero-order valence-corrected chi connectivity index (χ0v) is 12.3. The highest BCUT2D eigenvalue weighted by molar-refractivity contribution is 5.85. The summed E-state index contributed by atoms with van der Waals surface area (Å²) in [6.45, 7) is 1.89. The Labute approximate surface area is 130 Å². The summed E-state index contributed by atoms with van der Waals surface area (Å²) in [6, 6.07) is 5.76. The number of hydrogen-bond donors (Lipinski definition) is 1. The molecule has 0 aliphatic carbocycles. The monoisotopic (exact) mass is 307 g/mol. The van der Waals surface area contributed by atoms with Gasteiger partial charge in [0.1, 0.15) is 0 Å². The second-order valence-electron chi connectivity index (χ2n) is 5.18. The van der Waals surface area contributed by atoms with Gasteiger partial charge in [-0.2, -0.15) is 5.10 Å². The molecule has 4 heterocycles. The first-order valence-electron chi connectivity index (χ1n) is 7.04. The van der Waals surface area contributed by atoms with E-state index in [1.54, 1.807) is 17.1 Å². The third-order valence-electron chi connectivity index (χ3n) is 3.69. The minimum atomic E-state index is 0.427. The molecule has 23 heavy (non-hydrogen) atoms. The minimum absolute atomic E-state index is 0.427. The number of hydrogen-bond acceptors (Lipinski definition) is 7. The number of nitrogen functional groups attached to an aromatic ring is 1. The van der Waals surface area contributed by atoms with Crippen LogP contribution in [0, 0.1) is 6.92 Å². The molecule has 0 aromatic carbocycles. The second kappa shape index (κ2) is 5.16. The Balaban J connectivity index is 1.68. The number of aryl methyl sites for hydroxylation is 1. The van der Waals surface area contributed by atoms with Crippen molar-refractivity contribution in [3.8, 4) is 5.82 Å². The maximum absolute atomic E-state index is 6.18. The van der Waals surface area contributed by atoms with E-state index >= 15 is 0 Å². The molecule has 0 aliphatic heterocycles. The molecule has 0 fully saturated rings. The molecule has 0 saturated heterocycles.